The number of hydrogen-bond donors (Lipinski definition) is 0. The molecule has 1 aromatic rings. The molecule has 1 rings (SSSR count). The van der Waals surface area contributed by atoms with Crippen molar-refractivity contribution in [1.29, 1.82) is 0 Å². The van der Waals surface area contributed by atoms with Gasteiger partial charge in [0.1, 0.15) is 11.4 Å². The van der Waals surface area contributed by atoms with E-state index in [0.29, 0.717) is 16.6 Å². The Balaban J connectivity index is 2.75. The highest BCUT2D eigenvalue weighted by Gasteiger charge is 2.12. The van der Waals surface area contributed by atoms with Gasteiger partial charge in [0.05, 0.1) is 0 Å². The molecular weight excluding hydrogens is 184 g/mol. The second kappa shape index (κ2) is 3.83. The van der Waals surface area contributed by atoms with Crippen LogP contribution in [0.25, 0.3) is 0 Å². The van der Waals surface area contributed by atoms with Crippen molar-refractivity contribution < 1.29 is 8.95 Å². The third kappa shape index (κ3) is 3.51. The Morgan fingerprint density at radius 3 is 2.08 bits per heavy atom. The van der Waals surface area contributed by atoms with Gasteiger partial charge in [-0.25, -0.2) is 0 Å². The standard InChI is InChI=1S/C10H13O2S/c1-10(2,3)12-8-4-6-9(13-11)7-5-8/h4-7H,1-3H3/q+1. The van der Waals surface area contributed by atoms with Crippen molar-refractivity contribution in [3.05, 3.63) is 24.3 Å². The molecule has 0 aliphatic heterocycles. The van der Waals surface area contributed by atoms with E-state index in [0.717, 1.165) is 5.75 Å². The number of rotatable bonds is 2. The largest absolute Gasteiger partial charge is 0.505 e. The fourth-order valence-corrected chi connectivity index (χ4v) is 1.16. The second-order valence-electron chi connectivity index (χ2n) is 3.77. The fraction of sp³-hybridized carbons (Fsp3) is 0.400. The molecule has 1 aromatic carbocycles. The minimum atomic E-state index is -0.188. The molecule has 0 spiro atoms. The average molecular weight is 197 g/mol. The van der Waals surface area contributed by atoms with Gasteiger partial charge in [0.25, 0.3) is 4.90 Å². The van der Waals surface area contributed by atoms with E-state index in [1.54, 1.807) is 12.1 Å². The van der Waals surface area contributed by atoms with Crippen LogP contribution in [0.4, 0.5) is 0 Å². The fourth-order valence-electron chi connectivity index (χ4n) is 0.917. The van der Waals surface area contributed by atoms with Crippen LogP contribution in [0, 0.1) is 0 Å². The van der Waals surface area contributed by atoms with Crippen LogP contribution in [0.5, 0.6) is 5.75 Å². The smallest absolute Gasteiger partial charge is 0.488 e. The van der Waals surface area contributed by atoms with Gasteiger partial charge in [-0.2, -0.15) is 0 Å². The molecule has 0 saturated heterocycles. The van der Waals surface area contributed by atoms with E-state index in [1.807, 2.05) is 32.9 Å². The van der Waals surface area contributed by atoms with Crippen molar-refractivity contribution >= 4 is 11.7 Å². The molecule has 70 valence electrons. The molecule has 0 amide bonds. The lowest BCUT2D eigenvalue weighted by Gasteiger charge is -2.20. The normalized spacial score (nSPS) is 11.0. The molecule has 0 aliphatic rings. The third-order valence-corrected chi connectivity index (χ3v) is 1.81. The molecule has 0 bridgehead atoms. The van der Waals surface area contributed by atoms with Crippen LogP contribution in [-0.2, 0) is 15.9 Å². The first-order valence-corrected chi connectivity index (χ1v) is 4.84. The summed E-state index contributed by atoms with van der Waals surface area (Å²) in [5, 5.41) is 0. The van der Waals surface area contributed by atoms with E-state index in [9.17, 15) is 4.21 Å². The van der Waals surface area contributed by atoms with Gasteiger partial charge in [-0.1, -0.05) is 0 Å². The Kier molecular flexibility index (Phi) is 2.98. The van der Waals surface area contributed by atoms with Gasteiger partial charge in [0, 0.05) is 16.3 Å². The summed E-state index contributed by atoms with van der Waals surface area (Å²) in [4.78, 5) is 0.709. The summed E-state index contributed by atoms with van der Waals surface area (Å²) in [5.41, 5.74) is -0.188. The average Bonchev–Trinajstić information content (AvgIpc) is 2.03. The molecule has 0 aromatic heterocycles. The Bertz CT molecular complexity index is 285. The number of hydrogen-bond acceptors (Lipinski definition) is 2. The van der Waals surface area contributed by atoms with Crippen LogP contribution < -0.4 is 4.74 Å². The number of benzene rings is 1. The zero-order valence-electron chi connectivity index (χ0n) is 8.03. The lowest BCUT2D eigenvalue weighted by atomic mass is 10.2. The highest BCUT2D eigenvalue weighted by Crippen LogP contribution is 2.18. The molecule has 13 heavy (non-hydrogen) atoms. The van der Waals surface area contributed by atoms with Gasteiger partial charge in [-0.3, -0.25) is 0 Å². The summed E-state index contributed by atoms with van der Waals surface area (Å²) in [6.07, 6.45) is 0. The lowest BCUT2D eigenvalue weighted by Crippen LogP contribution is -2.22. The van der Waals surface area contributed by atoms with Crippen molar-refractivity contribution in [2.24, 2.45) is 0 Å². The molecule has 0 atom stereocenters. The van der Waals surface area contributed by atoms with Gasteiger partial charge in [0.15, 0.2) is 0 Å². The Labute approximate surface area is 82.4 Å². The molecule has 0 aliphatic carbocycles. The lowest BCUT2D eigenvalue weighted by molar-refractivity contribution is 0.131. The number of ether oxygens (including phenoxy) is 1. The Morgan fingerprint density at radius 2 is 1.69 bits per heavy atom. The molecule has 0 fully saturated rings. The van der Waals surface area contributed by atoms with Gasteiger partial charge in [-0.15, -0.1) is 0 Å². The summed E-state index contributed by atoms with van der Waals surface area (Å²) in [6.45, 7) is 5.97. The highest BCUT2D eigenvalue weighted by atomic mass is 32.1. The van der Waals surface area contributed by atoms with Crippen LogP contribution in [0.3, 0.4) is 0 Å². The van der Waals surface area contributed by atoms with Crippen LogP contribution >= 0.6 is 0 Å². The molecule has 0 saturated carbocycles. The van der Waals surface area contributed by atoms with Crippen molar-refractivity contribution in [1.82, 2.24) is 0 Å². The third-order valence-electron chi connectivity index (χ3n) is 1.34. The van der Waals surface area contributed by atoms with Crippen molar-refractivity contribution in [2.75, 3.05) is 0 Å². The van der Waals surface area contributed by atoms with Crippen molar-refractivity contribution in [3.8, 4) is 5.75 Å². The monoisotopic (exact) mass is 197 g/mol. The quantitative estimate of drug-likeness (QED) is 0.681. The van der Waals surface area contributed by atoms with Crippen LogP contribution in [-0.4, -0.2) is 5.60 Å². The first-order valence-electron chi connectivity index (χ1n) is 4.10. The topological polar surface area (TPSA) is 26.3 Å². The van der Waals surface area contributed by atoms with E-state index in [-0.39, 0.29) is 5.60 Å². The molecule has 0 N–H and O–H groups in total. The van der Waals surface area contributed by atoms with E-state index in [1.165, 1.54) is 0 Å². The minimum Gasteiger partial charge on any atom is -0.488 e. The second-order valence-corrected chi connectivity index (χ2v) is 4.41. The summed E-state index contributed by atoms with van der Waals surface area (Å²) in [7, 11) is 0. The molecule has 0 radical (unpaired) electrons. The SMILES string of the molecule is CC(C)(C)Oc1ccc([S+]=O)cc1. The predicted molar refractivity (Wildman–Crippen MR) is 53.1 cm³/mol. The van der Waals surface area contributed by atoms with Crippen LogP contribution in [0.1, 0.15) is 20.8 Å². The summed E-state index contributed by atoms with van der Waals surface area (Å²) < 4.78 is 16.0. The van der Waals surface area contributed by atoms with E-state index in [4.69, 9.17) is 4.74 Å². The Morgan fingerprint density at radius 1 is 1.15 bits per heavy atom. The van der Waals surface area contributed by atoms with E-state index in [2.05, 4.69) is 0 Å². The maximum Gasteiger partial charge on any atom is 0.505 e. The van der Waals surface area contributed by atoms with E-state index >= 15 is 0 Å². The minimum absolute atomic E-state index is 0.188. The van der Waals surface area contributed by atoms with Crippen LogP contribution in [0.2, 0.25) is 0 Å². The summed E-state index contributed by atoms with van der Waals surface area (Å²) >= 11 is 0.490. The van der Waals surface area contributed by atoms with Gasteiger partial charge in [-0.05, 0) is 32.9 Å². The zero-order valence-corrected chi connectivity index (χ0v) is 8.85. The van der Waals surface area contributed by atoms with Crippen molar-refractivity contribution in [2.45, 2.75) is 31.3 Å². The van der Waals surface area contributed by atoms with Crippen molar-refractivity contribution in [3.63, 3.8) is 0 Å². The van der Waals surface area contributed by atoms with Gasteiger partial charge < -0.3 is 4.74 Å². The molecule has 0 unspecified atom stereocenters. The molecule has 0 heterocycles. The summed E-state index contributed by atoms with van der Waals surface area (Å²) in [5.74, 6) is 0.797. The van der Waals surface area contributed by atoms with Gasteiger partial charge in [0.2, 0.25) is 0 Å². The molecule has 3 heteroatoms. The maximum absolute atomic E-state index is 10.4. The van der Waals surface area contributed by atoms with E-state index < -0.39 is 0 Å². The molecule has 2 nitrogen and oxygen atoms in total. The summed E-state index contributed by atoms with van der Waals surface area (Å²) in [6, 6.07) is 7.15. The van der Waals surface area contributed by atoms with Crippen LogP contribution in [0.15, 0.2) is 29.2 Å². The molecular formula is C10H13O2S+. The zero-order chi connectivity index (χ0) is 9.90. The first-order chi connectivity index (χ1) is 6.01. The maximum atomic E-state index is 10.4. The Hall–Kier alpha value is -0.960. The predicted octanol–water partition coefficient (Wildman–Crippen LogP) is 2.65. The first kappa shape index (κ1) is 10.1. The highest BCUT2D eigenvalue weighted by molar-refractivity contribution is 7.65. The van der Waals surface area contributed by atoms with Gasteiger partial charge >= 0.3 is 11.7 Å².